The quantitative estimate of drug-likeness (QED) is 0.816. The molecule has 0 saturated carbocycles. The first-order valence-corrected chi connectivity index (χ1v) is 5.95. The number of nitrogens with zero attached hydrogens (tertiary/aromatic N) is 1. The summed E-state index contributed by atoms with van der Waals surface area (Å²) in [6, 6.07) is 6.83. The van der Waals surface area contributed by atoms with Gasteiger partial charge in [-0.1, -0.05) is 0 Å². The second-order valence-corrected chi connectivity index (χ2v) is 4.44. The average molecular weight is 297 g/mol. The summed E-state index contributed by atoms with van der Waals surface area (Å²) in [7, 11) is 0. The molecule has 1 atom stereocenters. The van der Waals surface area contributed by atoms with Crippen LogP contribution in [0, 0.1) is 24.2 Å². The molecule has 1 heterocycles. The molecule has 0 N–H and O–H groups in total. The molecule has 0 radical (unpaired) electrons. The third kappa shape index (κ3) is 3.34. The van der Waals surface area contributed by atoms with E-state index in [4.69, 9.17) is 14.4 Å². The van der Waals surface area contributed by atoms with Crippen molar-refractivity contribution in [2.24, 2.45) is 5.92 Å². The molecule has 2 rings (SSSR count). The van der Waals surface area contributed by atoms with Crippen LogP contribution in [0.5, 0.6) is 5.75 Å². The molecule has 0 fully saturated rings. The van der Waals surface area contributed by atoms with Gasteiger partial charge in [0, 0.05) is 17.5 Å². The summed E-state index contributed by atoms with van der Waals surface area (Å²) < 4.78 is 47.2. The van der Waals surface area contributed by atoms with Crippen LogP contribution in [0.4, 0.5) is 13.2 Å². The smallest absolute Gasteiger partial charge is 0.407 e. The molecule has 110 valence electrons. The molecule has 0 aliphatic rings. The summed E-state index contributed by atoms with van der Waals surface area (Å²) in [5, 5.41) is 9.14. The van der Waals surface area contributed by atoms with Gasteiger partial charge in [-0.05, 0) is 24.6 Å². The number of alkyl halides is 3. The van der Waals surface area contributed by atoms with Crippen molar-refractivity contribution in [1.29, 1.82) is 5.26 Å². The first kappa shape index (κ1) is 14.9. The summed E-state index contributed by atoms with van der Waals surface area (Å²) in [4.78, 5) is 11.3. The second-order valence-electron chi connectivity index (χ2n) is 4.44. The van der Waals surface area contributed by atoms with Crippen molar-refractivity contribution in [2.75, 3.05) is 6.61 Å². The van der Waals surface area contributed by atoms with Crippen molar-refractivity contribution in [3.05, 3.63) is 40.2 Å². The van der Waals surface area contributed by atoms with Crippen LogP contribution < -0.4 is 10.4 Å². The number of hydrogen-bond donors (Lipinski definition) is 0. The zero-order valence-corrected chi connectivity index (χ0v) is 10.9. The molecule has 0 aliphatic heterocycles. The largest absolute Gasteiger partial charge is 0.492 e. The van der Waals surface area contributed by atoms with Crippen LogP contribution in [0.15, 0.2) is 33.5 Å². The van der Waals surface area contributed by atoms with Crippen LogP contribution in [0.3, 0.4) is 0 Å². The van der Waals surface area contributed by atoms with Crippen molar-refractivity contribution < 1.29 is 22.3 Å². The lowest BCUT2D eigenvalue weighted by atomic mass is 10.1. The molecule has 1 aromatic carbocycles. The maximum atomic E-state index is 12.4. The summed E-state index contributed by atoms with van der Waals surface area (Å²) >= 11 is 0. The number of nitriles is 1. The maximum Gasteiger partial charge on any atom is 0.407 e. The third-order valence-corrected chi connectivity index (χ3v) is 2.89. The zero-order valence-electron chi connectivity index (χ0n) is 10.9. The number of rotatable bonds is 3. The van der Waals surface area contributed by atoms with Crippen molar-refractivity contribution in [2.45, 2.75) is 13.1 Å². The van der Waals surface area contributed by atoms with Gasteiger partial charge >= 0.3 is 11.8 Å². The van der Waals surface area contributed by atoms with E-state index in [9.17, 15) is 18.0 Å². The van der Waals surface area contributed by atoms with Gasteiger partial charge in [0.25, 0.3) is 0 Å². The van der Waals surface area contributed by atoms with Gasteiger partial charge in [-0.3, -0.25) is 0 Å². The molecule has 0 aliphatic carbocycles. The Hall–Kier alpha value is -2.49. The lowest BCUT2D eigenvalue weighted by Crippen LogP contribution is -2.27. The Labute approximate surface area is 117 Å². The monoisotopic (exact) mass is 297 g/mol. The standard InChI is InChI=1S/C14H10F3NO3/c1-8-4-13(19)21-12-5-10(2-3-11(8)12)20-7-9(6-18)14(15,16)17/h2-5,9H,7H2,1H3. The van der Waals surface area contributed by atoms with E-state index in [1.165, 1.54) is 18.2 Å². The average Bonchev–Trinajstić information content (AvgIpc) is 2.37. The van der Waals surface area contributed by atoms with E-state index in [0.29, 0.717) is 10.9 Å². The number of fused-ring (bicyclic) bond motifs is 1. The van der Waals surface area contributed by atoms with E-state index in [1.807, 2.05) is 0 Å². The molecule has 21 heavy (non-hydrogen) atoms. The van der Waals surface area contributed by atoms with Crippen LogP contribution in [0.1, 0.15) is 5.56 Å². The Morgan fingerprint density at radius 3 is 2.71 bits per heavy atom. The number of ether oxygens (including phenoxy) is 1. The van der Waals surface area contributed by atoms with Crippen LogP contribution in [0.25, 0.3) is 11.0 Å². The van der Waals surface area contributed by atoms with Gasteiger partial charge in [0.2, 0.25) is 0 Å². The molecule has 0 saturated heterocycles. The fourth-order valence-electron chi connectivity index (χ4n) is 1.78. The highest BCUT2D eigenvalue weighted by Crippen LogP contribution is 2.27. The Morgan fingerprint density at radius 1 is 1.38 bits per heavy atom. The number of hydrogen-bond acceptors (Lipinski definition) is 4. The first-order valence-electron chi connectivity index (χ1n) is 5.95. The van der Waals surface area contributed by atoms with Crippen molar-refractivity contribution >= 4 is 11.0 Å². The first-order chi connectivity index (χ1) is 9.81. The van der Waals surface area contributed by atoms with E-state index >= 15 is 0 Å². The zero-order chi connectivity index (χ0) is 15.6. The van der Waals surface area contributed by atoms with Crippen LogP contribution in [-0.2, 0) is 0 Å². The van der Waals surface area contributed by atoms with Gasteiger partial charge in [-0.25, -0.2) is 4.79 Å². The Kier molecular flexibility index (Phi) is 3.89. The van der Waals surface area contributed by atoms with Crippen molar-refractivity contribution in [3.63, 3.8) is 0 Å². The fraction of sp³-hybridized carbons (Fsp3) is 0.286. The summed E-state index contributed by atoms with van der Waals surface area (Å²) in [6.45, 7) is 0.900. The molecular weight excluding hydrogens is 287 g/mol. The molecular formula is C14H10F3NO3. The van der Waals surface area contributed by atoms with Crippen LogP contribution >= 0.6 is 0 Å². The molecule has 7 heteroatoms. The Balaban J connectivity index is 2.25. The van der Waals surface area contributed by atoms with Gasteiger partial charge in [0.15, 0.2) is 5.92 Å². The topological polar surface area (TPSA) is 63.2 Å². The minimum atomic E-state index is -4.64. The minimum absolute atomic E-state index is 0.0979. The van der Waals surface area contributed by atoms with Gasteiger partial charge in [-0.2, -0.15) is 18.4 Å². The Morgan fingerprint density at radius 2 is 2.10 bits per heavy atom. The normalized spacial score (nSPS) is 12.9. The molecule has 1 aromatic heterocycles. The summed E-state index contributed by atoms with van der Waals surface area (Å²) in [6.07, 6.45) is -4.64. The minimum Gasteiger partial charge on any atom is -0.492 e. The number of aryl methyl sites for hydroxylation is 1. The van der Waals surface area contributed by atoms with Crippen molar-refractivity contribution in [1.82, 2.24) is 0 Å². The summed E-state index contributed by atoms with van der Waals surface area (Å²) in [5.74, 6) is -2.11. The molecule has 0 amide bonds. The maximum absolute atomic E-state index is 12.4. The van der Waals surface area contributed by atoms with Gasteiger partial charge in [0.1, 0.15) is 17.9 Å². The Bertz CT molecular complexity index is 759. The molecule has 0 bridgehead atoms. The van der Waals surface area contributed by atoms with Crippen LogP contribution in [0.2, 0.25) is 0 Å². The van der Waals surface area contributed by atoms with Gasteiger partial charge < -0.3 is 9.15 Å². The molecule has 1 unspecified atom stereocenters. The van der Waals surface area contributed by atoms with E-state index in [1.54, 1.807) is 13.0 Å². The van der Waals surface area contributed by atoms with E-state index in [0.717, 1.165) is 6.07 Å². The third-order valence-electron chi connectivity index (χ3n) is 2.89. The molecule has 0 spiro atoms. The highest BCUT2D eigenvalue weighted by atomic mass is 19.4. The van der Waals surface area contributed by atoms with Gasteiger partial charge in [0.05, 0.1) is 6.07 Å². The molecule has 4 nitrogen and oxygen atoms in total. The summed E-state index contributed by atoms with van der Waals surface area (Å²) in [5.41, 5.74) is 0.360. The predicted molar refractivity (Wildman–Crippen MR) is 67.9 cm³/mol. The predicted octanol–water partition coefficient (Wildman–Crippen LogP) is 3.18. The lowest BCUT2D eigenvalue weighted by Gasteiger charge is -2.14. The lowest BCUT2D eigenvalue weighted by molar-refractivity contribution is -0.165. The number of benzene rings is 1. The fourth-order valence-corrected chi connectivity index (χ4v) is 1.78. The SMILES string of the molecule is Cc1cc(=O)oc2cc(OCC(C#N)C(F)(F)F)ccc12. The van der Waals surface area contributed by atoms with E-state index in [-0.39, 0.29) is 11.3 Å². The highest BCUT2D eigenvalue weighted by molar-refractivity contribution is 5.81. The molecule has 2 aromatic rings. The number of halogens is 3. The van der Waals surface area contributed by atoms with E-state index < -0.39 is 24.3 Å². The van der Waals surface area contributed by atoms with Crippen molar-refractivity contribution in [3.8, 4) is 11.8 Å². The van der Waals surface area contributed by atoms with Crippen LogP contribution in [-0.4, -0.2) is 12.8 Å². The van der Waals surface area contributed by atoms with E-state index in [2.05, 4.69) is 0 Å². The highest BCUT2D eigenvalue weighted by Gasteiger charge is 2.40. The van der Waals surface area contributed by atoms with Gasteiger partial charge in [-0.15, -0.1) is 0 Å². The second kappa shape index (κ2) is 5.48.